The van der Waals surface area contributed by atoms with Gasteiger partial charge in [0.15, 0.2) is 0 Å². The minimum absolute atomic E-state index is 0.0330. The van der Waals surface area contributed by atoms with Crippen LogP contribution in [0, 0.1) is 17.0 Å². The van der Waals surface area contributed by atoms with E-state index in [1.165, 1.54) is 0 Å². The molecular weight excluding hydrogens is 384 g/mol. The Kier molecular flexibility index (Phi) is 5.66. The van der Waals surface area contributed by atoms with Crippen LogP contribution in [0.25, 0.3) is 0 Å². The SMILES string of the molecule is Cc1ccc(C(=O)NNc2ncnc(Nc3ccc(Cl)cc3)c2[N+](=O)[O-])cc1. The second-order valence-electron chi connectivity index (χ2n) is 5.75. The number of hydrogen-bond donors (Lipinski definition) is 3. The van der Waals surface area contributed by atoms with E-state index in [0.29, 0.717) is 16.3 Å². The van der Waals surface area contributed by atoms with Crippen molar-refractivity contribution in [1.29, 1.82) is 0 Å². The predicted molar refractivity (Wildman–Crippen MR) is 106 cm³/mol. The minimum Gasteiger partial charge on any atom is -0.334 e. The molecule has 1 heterocycles. The molecule has 2 aromatic carbocycles. The van der Waals surface area contributed by atoms with Crippen LogP contribution in [0.15, 0.2) is 54.9 Å². The van der Waals surface area contributed by atoms with E-state index in [4.69, 9.17) is 11.6 Å². The molecule has 0 saturated heterocycles. The smallest absolute Gasteiger partial charge is 0.334 e. The average molecular weight is 399 g/mol. The number of nitrogens with one attached hydrogen (secondary N) is 3. The molecule has 0 aliphatic rings. The van der Waals surface area contributed by atoms with Crippen LogP contribution >= 0.6 is 11.6 Å². The first-order chi connectivity index (χ1) is 13.4. The van der Waals surface area contributed by atoms with E-state index in [1.807, 2.05) is 6.92 Å². The quantitative estimate of drug-likeness (QED) is 0.425. The zero-order chi connectivity index (χ0) is 20.1. The number of carbonyl (C=O) groups excluding carboxylic acids is 1. The zero-order valence-corrected chi connectivity index (χ0v) is 15.4. The van der Waals surface area contributed by atoms with Crippen LogP contribution in [0.4, 0.5) is 23.0 Å². The van der Waals surface area contributed by atoms with E-state index in [9.17, 15) is 14.9 Å². The topological polar surface area (TPSA) is 122 Å². The van der Waals surface area contributed by atoms with Gasteiger partial charge in [-0.3, -0.25) is 25.8 Å². The summed E-state index contributed by atoms with van der Waals surface area (Å²) in [6.07, 6.45) is 1.14. The van der Waals surface area contributed by atoms with Crippen LogP contribution in [0.5, 0.6) is 0 Å². The molecule has 10 heteroatoms. The van der Waals surface area contributed by atoms with Gasteiger partial charge in [0.1, 0.15) is 6.33 Å². The van der Waals surface area contributed by atoms with Gasteiger partial charge in [-0.1, -0.05) is 29.3 Å². The maximum atomic E-state index is 12.2. The molecule has 0 aliphatic heterocycles. The van der Waals surface area contributed by atoms with Gasteiger partial charge in [-0.15, -0.1) is 0 Å². The molecular formula is C18H15ClN6O3. The number of rotatable bonds is 6. The van der Waals surface area contributed by atoms with E-state index in [-0.39, 0.29) is 11.6 Å². The number of hydrazine groups is 1. The molecule has 0 aliphatic carbocycles. The van der Waals surface area contributed by atoms with Crippen molar-refractivity contribution in [3.8, 4) is 0 Å². The number of carbonyl (C=O) groups is 1. The Morgan fingerprint density at radius 3 is 2.32 bits per heavy atom. The van der Waals surface area contributed by atoms with Gasteiger partial charge < -0.3 is 5.32 Å². The van der Waals surface area contributed by atoms with Crippen molar-refractivity contribution in [2.24, 2.45) is 0 Å². The summed E-state index contributed by atoms with van der Waals surface area (Å²) in [5.74, 6) is -0.647. The molecule has 0 unspecified atom stereocenters. The maximum Gasteiger partial charge on any atom is 0.355 e. The van der Waals surface area contributed by atoms with Crippen molar-refractivity contribution in [1.82, 2.24) is 15.4 Å². The first-order valence-electron chi connectivity index (χ1n) is 8.09. The lowest BCUT2D eigenvalue weighted by molar-refractivity contribution is -0.383. The van der Waals surface area contributed by atoms with Crippen molar-refractivity contribution in [2.45, 2.75) is 6.92 Å². The second-order valence-corrected chi connectivity index (χ2v) is 6.19. The molecule has 0 spiro atoms. The van der Waals surface area contributed by atoms with Crippen LogP contribution in [-0.2, 0) is 0 Å². The molecule has 28 heavy (non-hydrogen) atoms. The molecule has 3 rings (SSSR count). The van der Waals surface area contributed by atoms with Crippen LogP contribution in [0.3, 0.4) is 0 Å². The van der Waals surface area contributed by atoms with E-state index in [0.717, 1.165) is 11.9 Å². The van der Waals surface area contributed by atoms with Gasteiger partial charge >= 0.3 is 5.69 Å². The van der Waals surface area contributed by atoms with Gasteiger partial charge in [0, 0.05) is 16.3 Å². The Labute approximate surface area is 164 Å². The van der Waals surface area contributed by atoms with Crippen molar-refractivity contribution in [2.75, 3.05) is 10.7 Å². The highest BCUT2D eigenvalue weighted by atomic mass is 35.5. The first-order valence-corrected chi connectivity index (χ1v) is 8.47. The summed E-state index contributed by atoms with van der Waals surface area (Å²) in [6.45, 7) is 1.90. The Morgan fingerprint density at radius 1 is 1.04 bits per heavy atom. The van der Waals surface area contributed by atoms with Crippen LogP contribution in [-0.4, -0.2) is 20.8 Å². The summed E-state index contributed by atoms with van der Waals surface area (Å²) in [7, 11) is 0. The lowest BCUT2D eigenvalue weighted by atomic mass is 10.1. The summed E-state index contributed by atoms with van der Waals surface area (Å²) in [5.41, 5.74) is 6.44. The van der Waals surface area contributed by atoms with Crippen LogP contribution < -0.4 is 16.2 Å². The number of anilines is 3. The predicted octanol–water partition coefficient (Wildman–Crippen LogP) is 3.85. The lowest BCUT2D eigenvalue weighted by Gasteiger charge is -2.11. The van der Waals surface area contributed by atoms with Gasteiger partial charge in [0.2, 0.25) is 11.6 Å². The number of nitrogens with zero attached hydrogens (tertiary/aromatic N) is 3. The number of nitro groups is 1. The fourth-order valence-electron chi connectivity index (χ4n) is 2.30. The van der Waals surface area contributed by atoms with Gasteiger partial charge in [0.05, 0.1) is 4.92 Å². The lowest BCUT2D eigenvalue weighted by Crippen LogP contribution is -2.30. The summed E-state index contributed by atoms with van der Waals surface area (Å²) in [4.78, 5) is 30.9. The van der Waals surface area contributed by atoms with Crippen LogP contribution in [0.1, 0.15) is 15.9 Å². The largest absolute Gasteiger partial charge is 0.355 e. The summed E-state index contributed by atoms with van der Waals surface area (Å²) < 4.78 is 0. The highest BCUT2D eigenvalue weighted by Crippen LogP contribution is 2.31. The summed E-state index contributed by atoms with van der Waals surface area (Å²) >= 11 is 5.84. The second kappa shape index (κ2) is 8.31. The van der Waals surface area contributed by atoms with E-state index >= 15 is 0 Å². The molecule has 3 aromatic rings. The normalized spacial score (nSPS) is 10.2. The molecule has 142 valence electrons. The highest BCUT2D eigenvalue weighted by molar-refractivity contribution is 6.30. The third-order valence-corrected chi connectivity index (χ3v) is 3.97. The van der Waals surface area contributed by atoms with Gasteiger partial charge in [-0.25, -0.2) is 9.97 Å². The number of amides is 1. The van der Waals surface area contributed by atoms with E-state index in [2.05, 4.69) is 26.1 Å². The number of aromatic nitrogens is 2. The van der Waals surface area contributed by atoms with E-state index in [1.54, 1.807) is 48.5 Å². The summed E-state index contributed by atoms with van der Waals surface area (Å²) in [5, 5.41) is 14.9. The van der Waals surface area contributed by atoms with Gasteiger partial charge in [-0.2, -0.15) is 0 Å². The Morgan fingerprint density at radius 2 is 1.68 bits per heavy atom. The Hall–Kier alpha value is -3.72. The molecule has 0 bridgehead atoms. The Bertz CT molecular complexity index is 1010. The first kappa shape index (κ1) is 19.1. The fourth-order valence-corrected chi connectivity index (χ4v) is 2.42. The van der Waals surface area contributed by atoms with Gasteiger partial charge in [0.25, 0.3) is 5.91 Å². The average Bonchev–Trinajstić information content (AvgIpc) is 2.68. The minimum atomic E-state index is -0.640. The van der Waals surface area contributed by atoms with Crippen molar-refractivity contribution in [3.63, 3.8) is 0 Å². The standard InChI is InChI=1S/C18H15ClN6O3/c1-11-2-4-12(5-3-11)18(26)24-23-17-15(25(27)28)16(20-10-21-17)22-14-8-6-13(19)7-9-14/h2-10H,1H3,(H,24,26)(H2,20,21,22,23). The summed E-state index contributed by atoms with van der Waals surface area (Å²) in [6, 6.07) is 13.4. The molecule has 0 saturated carbocycles. The number of benzene rings is 2. The number of aryl methyl sites for hydroxylation is 1. The maximum absolute atomic E-state index is 12.2. The van der Waals surface area contributed by atoms with Crippen molar-refractivity contribution in [3.05, 3.63) is 81.1 Å². The molecule has 0 fully saturated rings. The highest BCUT2D eigenvalue weighted by Gasteiger charge is 2.23. The molecule has 1 aromatic heterocycles. The molecule has 9 nitrogen and oxygen atoms in total. The van der Waals surface area contributed by atoms with E-state index < -0.39 is 16.5 Å². The number of hydrogen-bond acceptors (Lipinski definition) is 7. The Balaban J connectivity index is 1.80. The molecule has 3 N–H and O–H groups in total. The fraction of sp³-hybridized carbons (Fsp3) is 0.0556. The molecule has 0 radical (unpaired) electrons. The third kappa shape index (κ3) is 4.51. The van der Waals surface area contributed by atoms with Crippen molar-refractivity contribution >= 4 is 40.5 Å². The molecule has 1 amide bonds. The monoisotopic (exact) mass is 398 g/mol. The third-order valence-electron chi connectivity index (χ3n) is 3.72. The van der Waals surface area contributed by atoms with Crippen LogP contribution in [0.2, 0.25) is 5.02 Å². The number of halogens is 1. The molecule has 0 atom stereocenters. The van der Waals surface area contributed by atoms with Crippen molar-refractivity contribution < 1.29 is 9.72 Å². The zero-order valence-electron chi connectivity index (χ0n) is 14.6. The van der Waals surface area contributed by atoms with Gasteiger partial charge in [-0.05, 0) is 43.3 Å².